The van der Waals surface area contributed by atoms with Gasteiger partial charge in [-0.1, -0.05) is 31.2 Å². The average molecular weight is 437 g/mol. The zero-order chi connectivity index (χ0) is 23.3. The summed E-state index contributed by atoms with van der Waals surface area (Å²) in [6, 6.07) is 15.8. The van der Waals surface area contributed by atoms with E-state index in [0.29, 0.717) is 35.7 Å². The predicted octanol–water partition coefficient (Wildman–Crippen LogP) is 3.49. The van der Waals surface area contributed by atoms with Crippen LogP contribution in [0.3, 0.4) is 0 Å². The van der Waals surface area contributed by atoms with Crippen LogP contribution in [0.2, 0.25) is 0 Å². The second-order valence-corrected chi connectivity index (χ2v) is 7.31. The minimum absolute atomic E-state index is 0.207. The number of anilines is 2. The van der Waals surface area contributed by atoms with Gasteiger partial charge in [-0.25, -0.2) is 4.68 Å². The first-order valence-electron chi connectivity index (χ1n) is 10.5. The molecule has 3 rings (SSSR count). The van der Waals surface area contributed by atoms with Crippen molar-refractivity contribution in [2.24, 2.45) is 7.05 Å². The fraction of sp³-hybridized carbons (Fsp3) is 0.292. The van der Waals surface area contributed by atoms with Gasteiger partial charge in [-0.15, -0.1) is 0 Å². The highest BCUT2D eigenvalue weighted by Crippen LogP contribution is 2.17. The molecular formula is C24H28N4O4. The monoisotopic (exact) mass is 436 g/mol. The van der Waals surface area contributed by atoms with Crippen LogP contribution in [-0.4, -0.2) is 33.9 Å². The highest BCUT2D eigenvalue weighted by molar-refractivity contribution is 6.05. The predicted molar refractivity (Wildman–Crippen MR) is 124 cm³/mol. The Bertz CT molecular complexity index is 1160. The number of aromatic nitrogens is 2. The lowest BCUT2D eigenvalue weighted by Crippen LogP contribution is -2.30. The van der Waals surface area contributed by atoms with Crippen molar-refractivity contribution < 1.29 is 14.3 Å². The summed E-state index contributed by atoms with van der Waals surface area (Å²) in [7, 11) is 1.76. The van der Waals surface area contributed by atoms with Crippen molar-refractivity contribution in [1.82, 2.24) is 9.36 Å². The van der Waals surface area contributed by atoms with Crippen LogP contribution in [-0.2, 0) is 16.6 Å². The molecule has 0 aliphatic rings. The summed E-state index contributed by atoms with van der Waals surface area (Å²) in [5.41, 5.74) is 2.01. The van der Waals surface area contributed by atoms with Gasteiger partial charge in [-0.05, 0) is 50.6 Å². The van der Waals surface area contributed by atoms with E-state index >= 15 is 0 Å². The molecule has 32 heavy (non-hydrogen) atoms. The summed E-state index contributed by atoms with van der Waals surface area (Å²) in [6.45, 7) is 5.91. The van der Waals surface area contributed by atoms with E-state index in [1.807, 2.05) is 44.2 Å². The Morgan fingerprint density at radius 3 is 2.41 bits per heavy atom. The third-order valence-electron chi connectivity index (χ3n) is 5.22. The molecule has 1 aromatic heterocycles. The number of nitrogens with one attached hydrogen (secondary N) is 2. The molecule has 1 atom stereocenters. The zero-order valence-electron chi connectivity index (χ0n) is 18.7. The molecule has 3 aromatic rings. The lowest BCUT2D eigenvalue weighted by Gasteiger charge is -2.15. The maximum Gasteiger partial charge on any atom is 0.295 e. The molecule has 0 unspecified atom stereocenters. The molecular weight excluding hydrogens is 408 g/mol. The molecule has 8 nitrogen and oxygen atoms in total. The minimum Gasteiger partial charge on any atom is -0.369 e. The normalized spacial score (nSPS) is 11.8. The van der Waals surface area contributed by atoms with Crippen molar-refractivity contribution in [2.45, 2.75) is 33.3 Å². The number of benzene rings is 2. The Kier molecular flexibility index (Phi) is 7.27. The first-order valence-corrected chi connectivity index (χ1v) is 10.5. The number of hydrogen-bond donors (Lipinski definition) is 2. The van der Waals surface area contributed by atoms with Crippen molar-refractivity contribution in [1.29, 1.82) is 0 Å². The van der Waals surface area contributed by atoms with E-state index in [1.54, 1.807) is 42.9 Å². The number of rotatable bonds is 8. The van der Waals surface area contributed by atoms with E-state index < -0.39 is 12.0 Å². The fourth-order valence-corrected chi connectivity index (χ4v) is 3.44. The molecule has 2 amide bonds. The third-order valence-corrected chi connectivity index (χ3v) is 5.22. The summed E-state index contributed by atoms with van der Waals surface area (Å²) in [4.78, 5) is 38.3. The van der Waals surface area contributed by atoms with Crippen molar-refractivity contribution in [3.05, 3.63) is 76.2 Å². The Hall–Kier alpha value is -3.65. The van der Waals surface area contributed by atoms with Gasteiger partial charge in [0.15, 0.2) is 0 Å². The van der Waals surface area contributed by atoms with Crippen LogP contribution >= 0.6 is 0 Å². The zero-order valence-corrected chi connectivity index (χ0v) is 18.7. The van der Waals surface area contributed by atoms with Crippen LogP contribution in [0.1, 0.15) is 36.3 Å². The standard InChI is InChI=1S/C24H28N4O4/c1-5-20(32-6-2)23(30)25-18-12-10-11-17(15-18)22(29)26-21-16(3)27(4)28(24(21)31)19-13-8-7-9-14-19/h7-15,20H,5-6H2,1-4H3,(H,25,30)(H,26,29)/t20-/m0/s1. The smallest absolute Gasteiger partial charge is 0.295 e. The number of hydrogen-bond acceptors (Lipinski definition) is 4. The van der Waals surface area contributed by atoms with E-state index in [0.717, 1.165) is 0 Å². The van der Waals surface area contributed by atoms with Crippen molar-refractivity contribution >= 4 is 23.2 Å². The number of carbonyl (C=O) groups is 2. The molecule has 0 bridgehead atoms. The van der Waals surface area contributed by atoms with Gasteiger partial charge < -0.3 is 15.4 Å². The minimum atomic E-state index is -0.555. The molecule has 2 N–H and O–H groups in total. The lowest BCUT2D eigenvalue weighted by atomic mass is 10.1. The van der Waals surface area contributed by atoms with Crippen molar-refractivity contribution in [3.63, 3.8) is 0 Å². The topological polar surface area (TPSA) is 94.4 Å². The summed E-state index contributed by atoms with van der Waals surface area (Å²) >= 11 is 0. The molecule has 0 aliphatic heterocycles. The van der Waals surface area contributed by atoms with Crippen LogP contribution in [0.5, 0.6) is 0 Å². The van der Waals surface area contributed by atoms with Gasteiger partial charge in [-0.3, -0.25) is 19.1 Å². The van der Waals surface area contributed by atoms with E-state index in [4.69, 9.17) is 4.74 Å². The fourth-order valence-electron chi connectivity index (χ4n) is 3.44. The number of carbonyl (C=O) groups excluding carboxylic acids is 2. The van der Waals surface area contributed by atoms with E-state index in [9.17, 15) is 14.4 Å². The summed E-state index contributed by atoms with van der Waals surface area (Å²) in [5.74, 6) is -0.708. The Balaban J connectivity index is 1.82. The van der Waals surface area contributed by atoms with Crippen molar-refractivity contribution in [3.8, 4) is 5.69 Å². The van der Waals surface area contributed by atoms with E-state index in [1.165, 1.54) is 4.68 Å². The number of amides is 2. The quantitative estimate of drug-likeness (QED) is 0.565. The first kappa shape index (κ1) is 23.0. The molecule has 1 heterocycles. The van der Waals surface area contributed by atoms with E-state index in [-0.39, 0.29) is 17.2 Å². The maximum atomic E-state index is 13.0. The lowest BCUT2D eigenvalue weighted by molar-refractivity contribution is -0.127. The molecule has 2 aromatic carbocycles. The molecule has 0 aliphatic carbocycles. The van der Waals surface area contributed by atoms with Gasteiger partial charge in [0.2, 0.25) is 0 Å². The average Bonchev–Trinajstić information content (AvgIpc) is 3.01. The van der Waals surface area contributed by atoms with Gasteiger partial charge in [0, 0.05) is 24.9 Å². The van der Waals surface area contributed by atoms with Gasteiger partial charge >= 0.3 is 0 Å². The van der Waals surface area contributed by atoms with Gasteiger partial charge in [0.25, 0.3) is 17.4 Å². The maximum absolute atomic E-state index is 13.0. The van der Waals surface area contributed by atoms with Gasteiger partial charge in [0.05, 0.1) is 11.4 Å². The highest BCUT2D eigenvalue weighted by Gasteiger charge is 2.20. The Morgan fingerprint density at radius 2 is 1.75 bits per heavy atom. The summed E-state index contributed by atoms with van der Waals surface area (Å²) in [6.07, 6.45) is -0.0122. The summed E-state index contributed by atoms with van der Waals surface area (Å²) < 4.78 is 8.62. The highest BCUT2D eigenvalue weighted by atomic mass is 16.5. The first-order chi connectivity index (χ1) is 15.4. The molecule has 0 radical (unpaired) electrons. The second-order valence-electron chi connectivity index (χ2n) is 7.31. The number of para-hydroxylation sites is 1. The molecule has 0 saturated heterocycles. The molecule has 8 heteroatoms. The molecule has 168 valence electrons. The van der Waals surface area contributed by atoms with E-state index in [2.05, 4.69) is 10.6 Å². The Labute approximate surface area is 186 Å². The van der Waals surface area contributed by atoms with Crippen LogP contribution < -0.4 is 16.2 Å². The largest absolute Gasteiger partial charge is 0.369 e. The van der Waals surface area contributed by atoms with Gasteiger partial charge in [-0.2, -0.15) is 0 Å². The summed E-state index contributed by atoms with van der Waals surface area (Å²) in [5, 5.41) is 5.51. The molecule has 0 saturated carbocycles. The van der Waals surface area contributed by atoms with Crippen LogP contribution in [0.4, 0.5) is 11.4 Å². The van der Waals surface area contributed by atoms with Crippen LogP contribution in [0, 0.1) is 6.92 Å². The van der Waals surface area contributed by atoms with Crippen LogP contribution in [0.15, 0.2) is 59.4 Å². The van der Waals surface area contributed by atoms with Crippen LogP contribution in [0.25, 0.3) is 5.69 Å². The molecule has 0 spiro atoms. The van der Waals surface area contributed by atoms with Gasteiger partial charge in [0.1, 0.15) is 11.8 Å². The van der Waals surface area contributed by atoms with Crippen molar-refractivity contribution in [2.75, 3.05) is 17.2 Å². The second kappa shape index (κ2) is 10.1. The Morgan fingerprint density at radius 1 is 1.03 bits per heavy atom. The SMILES string of the molecule is CCO[C@@H](CC)C(=O)Nc1cccc(C(=O)Nc2c(C)n(C)n(-c3ccccc3)c2=O)c1. The molecule has 0 fully saturated rings. The third kappa shape index (κ3) is 4.81. The number of ether oxygens (including phenoxy) is 1. The number of nitrogens with zero attached hydrogens (tertiary/aromatic N) is 2.